The van der Waals surface area contributed by atoms with Gasteiger partial charge in [-0.1, -0.05) is 38.1 Å². The zero-order valence-corrected chi connectivity index (χ0v) is 20.2. The van der Waals surface area contributed by atoms with Crippen molar-refractivity contribution in [2.45, 2.75) is 19.8 Å². The molecule has 0 aliphatic rings. The number of halogens is 2. The van der Waals surface area contributed by atoms with Crippen molar-refractivity contribution in [3.63, 3.8) is 0 Å². The van der Waals surface area contributed by atoms with Crippen LogP contribution >= 0.6 is 15.9 Å². The second kappa shape index (κ2) is 9.58. The summed E-state index contributed by atoms with van der Waals surface area (Å²) in [7, 11) is 1.85. The van der Waals surface area contributed by atoms with Gasteiger partial charge in [-0.15, -0.1) is 0 Å². The number of aromatic nitrogens is 2. The van der Waals surface area contributed by atoms with Crippen LogP contribution in [0.4, 0.5) is 20.6 Å². The summed E-state index contributed by atoms with van der Waals surface area (Å²) in [6.07, 6.45) is 1.72. The maximum Gasteiger partial charge on any atom is 0.323 e. The van der Waals surface area contributed by atoms with Gasteiger partial charge in [-0.25, -0.2) is 9.18 Å². The predicted octanol–water partition coefficient (Wildman–Crippen LogP) is 7.42. The molecule has 2 N–H and O–H groups in total. The highest BCUT2D eigenvalue weighted by molar-refractivity contribution is 9.10. The number of anilines is 2. The molecule has 0 aliphatic heterocycles. The zero-order valence-electron chi connectivity index (χ0n) is 18.6. The summed E-state index contributed by atoms with van der Waals surface area (Å²) in [5.41, 5.74) is 5.94. The summed E-state index contributed by atoms with van der Waals surface area (Å²) in [6.45, 7) is 4.25. The number of hydrogen-bond acceptors (Lipinski definition) is 2. The molecule has 0 spiro atoms. The van der Waals surface area contributed by atoms with Gasteiger partial charge in [-0.3, -0.25) is 4.68 Å². The van der Waals surface area contributed by atoms with E-state index in [-0.39, 0.29) is 11.8 Å². The van der Waals surface area contributed by atoms with Gasteiger partial charge >= 0.3 is 6.03 Å². The van der Waals surface area contributed by atoms with Crippen LogP contribution in [-0.4, -0.2) is 15.8 Å². The number of rotatable bonds is 5. The average Bonchev–Trinajstić information content (AvgIpc) is 3.12. The molecule has 0 unspecified atom stereocenters. The number of nitrogens with zero attached hydrogens (tertiary/aromatic N) is 2. The van der Waals surface area contributed by atoms with Crippen LogP contribution in [-0.2, 0) is 7.05 Å². The van der Waals surface area contributed by atoms with Crippen LogP contribution in [0.3, 0.4) is 0 Å². The van der Waals surface area contributed by atoms with E-state index in [1.54, 1.807) is 23.0 Å². The van der Waals surface area contributed by atoms with E-state index >= 15 is 0 Å². The lowest BCUT2D eigenvalue weighted by atomic mass is 10.0. The highest BCUT2D eigenvalue weighted by Crippen LogP contribution is 2.34. The first kappa shape index (κ1) is 22.7. The second-order valence-corrected chi connectivity index (χ2v) is 8.98. The molecule has 0 fully saturated rings. The molecule has 33 heavy (non-hydrogen) atoms. The lowest BCUT2D eigenvalue weighted by Gasteiger charge is -2.13. The third-order valence-corrected chi connectivity index (χ3v) is 5.95. The Kier molecular flexibility index (Phi) is 6.60. The summed E-state index contributed by atoms with van der Waals surface area (Å²) in [5, 5.41) is 10.1. The number of urea groups is 1. The predicted molar refractivity (Wildman–Crippen MR) is 135 cm³/mol. The van der Waals surface area contributed by atoms with Gasteiger partial charge in [0.1, 0.15) is 5.82 Å². The quantitative estimate of drug-likeness (QED) is 0.295. The fraction of sp³-hybridized carbons (Fsp3) is 0.154. The molecule has 1 aromatic heterocycles. The van der Waals surface area contributed by atoms with E-state index in [1.807, 2.05) is 49.5 Å². The average molecular weight is 507 g/mol. The van der Waals surface area contributed by atoms with Gasteiger partial charge in [-0.05, 0) is 81.0 Å². The molecule has 4 rings (SSSR count). The summed E-state index contributed by atoms with van der Waals surface area (Å²) in [4.78, 5) is 12.7. The van der Waals surface area contributed by atoms with E-state index in [4.69, 9.17) is 0 Å². The normalized spacial score (nSPS) is 11.0. The van der Waals surface area contributed by atoms with E-state index < -0.39 is 0 Å². The number of hydrogen-bond donors (Lipinski definition) is 2. The van der Waals surface area contributed by atoms with Crippen LogP contribution in [0.15, 0.2) is 77.4 Å². The van der Waals surface area contributed by atoms with Crippen molar-refractivity contribution in [3.05, 3.63) is 88.8 Å². The third-order valence-electron chi connectivity index (χ3n) is 5.37. The van der Waals surface area contributed by atoms with Crippen molar-refractivity contribution in [1.29, 1.82) is 0 Å². The molecule has 0 atom stereocenters. The van der Waals surface area contributed by atoms with E-state index in [2.05, 4.69) is 45.5 Å². The van der Waals surface area contributed by atoms with Gasteiger partial charge in [0.2, 0.25) is 0 Å². The number of nitrogens with one attached hydrogen (secondary N) is 2. The molecule has 7 heteroatoms. The fourth-order valence-electron chi connectivity index (χ4n) is 3.63. The van der Waals surface area contributed by atoms with Crippen LogP contribution < -0.4 is 10.6 Å². The molecule has 4 aromatic rings. The van der Waals surface area contributed by atoms with E-state index in [0.29, 0.717) is 17.3 Å². The van der Waals surface area contributed by atoms with E-state index in [9.17, 15) is 9.18 Å². The van der Waals surface area contributed by atoms with Crippen molar-refractivity contribution in [2.24, 2.45) is 7.05 Å². The topological polar surface area (TPSA) is 59.0 Å². The van der Waals surface area contributed by atoms with E-state index in [1.165, 1.54) is 17.7 Å². The molecule has 0 saturated heterocycles. The summed E-state index contributed by atoms with van der Waals surface area (Å²) in [5.74, 6) is 0.123. The van der Waals surface area contributed by atoms with Crippen LogP contribution in [0.1, 0.15) is 25.3 Å². The van der Waals surface area contributed by atoms with Crippen molar-refractivity contribution in [2.75, 3.05) is 10.6 Å². The van der Waals surface area contributed by atoms with E-state index in [0.717, 1.165) is 26.9 Å². The molecule has 0 radical (unpaired) electrons. The fourth-order valence-corrected chi connectivity index (χ4v) is 4.20. The van der Waals surface area contributed by atoms with Crippen LogP contribution in [0.25, 0.3) is 22.4 Å². The Bertz CT molecular complexity index is 1260. The Hall–Kier alpha value is -3.45. The lowest BCUT2D eigenvalue weighted by Crippen LogP contribution is -2.19. The standard InChI is InChI=1S/C26H24BrFN4O/c1-16(2)17-6-10-22(11-7-17)30-26(33)31-23-13-19(18-4-8-21(28)9-5-18)12-20(14-23)25-24(27)15-29-32(25)3/h4-16H,1-3H3,(H2,30,31,33). The summed E-state index contributed by atoms with van der Waals surface area (Å²) in [6, 6.07) is 19.5. The van der Waals surface area contributed by atoms with Crippen molar-refractivity contribution < 1.29 is 9.18 Å². The summed E-state index contributed by atoms with van der Waals surface area (Å²) < 4.78 is 16.0. The first-order valence-electron chi connectivity index (χ1n) is 10.6. The molecule has 0 bridgehead atoms. The molecule has 1 heterocycles. The van der Waals surface area contributed by atoms with Gasteiger partial charge in [0.15, 0.2) is 0 Å². The molecule has 0 saturated carbocycles. The van der Waals surface area contributed by atoms with Crippen molar-refractivity contribution in [3.8, 4) is 22.4 Å². The van der Waals surface area contributed by atoms with Gasteiger partial charge < -0.3 is 10.6 Å². The molecule has 2 amide bonds. The lowest BCUT2D eigenvalue weighted by molar-refractivity contribution is 0.262. The van der Waals surface area contributed by atoms with Crippen LogP contribution in [0, 0.1) is 5.82 Å². The van der Waals surface area contributed by atoms with Crippen molar-refractivity contribution >= 4 is 33.3 Å². The minimum Gasteiger partial charge on any atom is -0.308 e. The Morgan fingerprint density at radius 2 is 1.55 bits per heavy atom. The Labute approximate surface area is 200 Å². The first-order chi connectivity index (χ1) is 15.8. The molecule has 0 aliphatic carbocycles. The number of benzene rings is 3. The minimum atomic E-state index is -0.349. The Morgan fingerprint density at radius 1 is 0.909 bits per heavy atom. The highest BCUT2D eigenvalue weighted by atomic mass is 79.9. The molecule has 168 valence electrons. The van der Waals surface area contributed by atoms with Crippen molar-refractivity contribution in [1.82, 2.24) is 9.78 Å². The monoisotopic (exact) mass is 506 g/mol. The first-order valence-corrected chi connectivity index (χ1v) is 11.4. The number of carbonyl (C=O) groups excluding carboxylic acids is 1. The SMILES string of the molecule is CC(C)c1ccc(NC(=O)Nc2cc(-c3ccc(F)cc3)cc(-c3c(Br)cnn3C)c2)cc1. The van der Waals surface area contributed by atoms with Gasteiger partial charge in [0, 0.05) is 24.0 Å². The molecule has 5 nitrogen and oxygen atoms in total. The van der Waals surface area contributed by atoms with Gasteiger partial charge in [0.05, 0.1) is 16.4 Å². The maximum absolute atomic E-state index is 13.5. The Balaban J connectivity index is 1.65. The third kappa shape index (κ3) is 5.31. The second-order valence-electron chi connectivity index (χ2n) is 8.13. The highest BCUT2D eigenvalue weighted by Gasteiger charge is 2.14. The summed E-state index contributed by atoms with van der Waals surface area (Å²) >= 11 is 3.55. The van der Waals surface area contributed by atoms with Crippen LogP contribution in [0.2, 0.25) is 0 Å². The molecule has 3 aromatic carbocycles. The van der Waals surface area contributed by atoms with Gasteiger partial charge in [0.25, 0.3) is 0 Å². The largest absolute Gasteiger partial charge is 0.323 e. The smallest absolute Gasteiger partial charge is 0.308 e. The van der Waals surface area contributed by atoms with Gasteiger partial charge in [-0.2, -0.15) is 5.10 Å². The van der Waals surface area contributed by atoms with Crippen LogP contribution in [0.5, 0.6) is 0 Å². The number of aryl methyl sites for hydroxylation is 1. The molecular weight excluding hydrogens is 483 g/mol. The maximum atomic E-state index is 13.5. The molecular formula is C26H24BrFN4O. The number of carbonyl (C=O) groups is 1. The number of amides is 2. The zero-order chi connectivity index (χ0) is 23.5. The Morgan fingerprint density at radius 3 is 2.15 bits per heavy atom. The minimum absolute atomic E-state index is 0.300.